The lowest BCUT2D eigenvalue weighted by molar-refractivity contribution is -0.155. The minimum absolute atomic E-state index is 0.0582. The lowest BCUT2D eigenvalue weighted by Gasteiger charge is -2.39. The molecule has 0 bridgehead atoms. The summed E-state index contributed by atoms with van der Waals surface area (Å²) in [4.78, 5) is 68.5. The SMILES string of the molecule is COc1ccc([Si](C)(C)[C@@H]2[C@@H](CCO)O[C@]3(C(=O)N(Cc4ccc(N5C(=O)CC5OC(C)=O)cc4)c4ccc(N5C(=O)CC5OC(C)=O)cc43)[C@H]2C)cc1. The molecule has 1 N–H and O–H groups in total. The maximum Gasteiger partial charge on any atom is 0.304 e. The van der Waals surface area contributed by atoms with Gasteiger partial charge in [0.1, 0.15) is 5.75 Å². The van der Waals surface area contributed by atoms with Gasteiger partial charge in [0.05, 0.1) is 46.4 Å². The highest BCUT2D eigenvalue weighted by Gasteiger charge is 2.66. The Balaban J connectivity index is 1.28. The summed E-state index contributed by atoms with van der Waals surface area (Å²) in [6.45, 7) is 9.22. The van der Waals surface area contributed by atoms with Crippen LogP contribution in [0.25, 0.3) is 0 Å². The van der Waals surface area contributed by atoms with E-state index < -0.39 is 44.2 Å². The van der Waals surface area contributed by atoms with Gasteiger partial charge in [0, 0.05) is 43.3 Å². The van der Waals surface area contributed by atoms with E-state index in [4.69, 9.17) is 18.9 Å². The number of rotatable bonds is 11. The maximum absolute atomic E-state index is 15.2. The Morgan fingerprint density at radius 3 is 1.98 bits per heavy atom. The molecule has 4 heterocycles. The molecular formula is C40H45N3O10Si. The zero-order valence-corrected chi connectivity index (χ0v) is 32.2. The molecule has 4 aliphatic rings. The van der Waals surface area contributed by atoms with Gasteiger partial charge in [0.25, 0.3) is 5.91 Å². The van der Waals surface area contributed by atoms with Gasteiger partial charge in [0.15, 0.2) is 18.1 Å². The number of ether oxygens (including phenoxy) is 4. The van der Waals surface area contributed by atoms with Crippen molar-refractivity contribution < 1.29 is 48.0 Å². The van der Waals surface area contributed by atoms with Crippen LogP contribution in [0, 0.1) is 5.92 Å². The molecular weight excluding hydrogens is 711 g/mol. The molecule has 6 atom stereocenters. The highest BCUT2D eigenvalue weighted by Crippen LogP contribution is 2.60. The fourth-order valence-corrected chi connectivity index (χ4v) is 13.0. The van der Waals surface area contributed by atoms with Gasteiger partial charge in [-0.3, -0.25) is 33.8 Å². The minimum atomic E-state index is -2.44. The number of esters is 2. The smallest absolute Gasteiger partial charge is 0.304 e. The molecule has 284 valence electrons. The Morgan fingerprint density at radius 1 is 0.870 bits per heavy atom. The number of carbonyl (C=O) groups excluding carboxylic acids is 5. The second-order valence-electron chi connectivity index (χ2n) is 15.0. The predicted octanol–water partition coefficient (Wildman–Crippen LogP) is 4.09. The number of aliphatic hydroxyl groups excluding tert-OH is 1. The zero-order chi connectivity index (χ0) is 38.7. The Bertz CT molecular complexity index is 2000. The van der Waals surface area contributed by atoms with Gasteiger partial charge in [-0.05, 0) is 60.0 Å². The molecule has 4 aliphatic heterocycles. The molecule has 0 aliphatic carbocycles. The number of amides is 3. The van der Waals surface area contributed by atoms with E-state index in [1.807, 2.05) is 37.3 Å². The molecule has 0 saturated carbocycles. The van der Waals surface area contributed by atoms with Gasteiger partial charge in [-0.15, -0.1) is 0 Å². The number of carbonyl (C=O) groups is 5. The van der Waals surface area contributed by atoms with E-state index in [0.717, 1.165) is 16.5 Å². The lowest BCUT2D eigenvalue weighted by Crippen LogP contribution is -2.55. The molecule has 3 aromatic carbocycles. The maximum atomic E-state index is 15.2. The van der Waals surface area contributed by atoms with Gasteiger partial charge in [0.2, 0.25) is 11.8 Å². The van der Waals surface area contributed by atoms with E-state index in [1.165, 1.54) is 23.6 Å². The molecule has 2 unspecified atom stereocenters. The highest BCUT2D eigenvalue weighted by molar-refractivity contribution is 6.91. The van der Waals surface area contributed by atoms with E-state index in [-0.39, 0.29) is 55.2 Å². The van der Waals surface area contributed by atoms with Crippen LogP contribution in [0.4, 0.5) is 17.1 Å². The molecule has 3 fully saturated rings. The number of hydrogen-bond acceptors (Lipinski definition) is 10. The topological polar surface area (TPSA) is 152 Å². The minimum Gasteiger partial charge on any atom is -0.497 e. The van der Waals surface area contributed by atoms with Crippen molar-refractivity contribution in [3.05, 3.63) is 77.9 Å². The summed E-state index contributed by atoms with van der Waals surface area (Å²) < 4.78 is 23.2. The van der Waals surface area contributed by atoms with Gasteiger partial charge >= 0.3 is 11.9 Å². The van der Waals surface area contributed by atoms with E-state index in [0.29, 0.717) is 29.0 Å². The van der Waals surface area contributed by atoms with Gasteiger partial charge in [-0.25, -0.2) is 0 Å². The predicted molar refractivity (Wildman–Crippen MR) is 201 cm³/mol. The number of nitrogens with zero attached hydrogens (tertiary/aromatic N) is 3. The number of anilines is 3. The molecule has 14 heteroatoms. The van der Waals surface area contributed by atoms with Crippen LogP contribution in [-0.4, -0.2) is 75.1 Å². The Morgan fingerprint density at radius 2 is 1.44 bits per heavy atom. The van der Waals surface area contributed by atoms with Gasteiger partial charge < -0.3 is 29.0 Å². The van der Waals surface area contributed by atoms with Crippen molar-refractivity contribution >= 4 is 60.0 Å². The van der Waals surface area contributed by atoms with E-state index >= 15 is 4.79 Å². The van der Waals surface area contributed by atoms with Crippen molar-refractivity contribution in [2.75, 3.05) is 28.4 Å². The quantitative estimate of drug-likeness (QED) is 0.172. The summed E-state index contributed by atoms with van der Waals surface area (Å²) in [5.41, 5.74) is 1.53. The molecule has 13 nitrogen and oxygen atoms in total. The molecule has 1 spiro atoms. The summed E-state index contributed by atoms with van der Waals surface area (Å²) >= 11 is 0. The van der Waals surface area contributed by atoms with Crippen molar-refractivity contribution in [1.29, 1.82) is 0 Å². The Labute approximate surface area is 314 Å². The summed E-state index contributed by atoms with van der Waals surface area (Å²) in [6.07, 6.45) is -1.37. The fraction of sp³-hybridized carbons (Fsp3) is 0.425. The lowest BCUT2D eigenvalue weighted by atomic mass is 9.82. The molecule has 7 rings (SSSR count). The van der Waals surface area contributed by atoms with E-state index in [2.05, 4.69) is 25.2 Å². The average Bonchev–Trinajstić information content (AvgIpc) is 3.54. The third kappa shape index (κ3) is 6.05. The number of methoxy groups -OCH3 is 1. The fourth-order valence-electron chi connectivity index (χ4n) is 8.92. The first-order chi connectivity index (χ1) is 25.7. The number of fused-ring (bicyclic) bond motifs is 2. The number of benzene rings is 3. The van der Waals surface area contributed by atoms with Crippen LogP contribution in [0.15, 0.2) is 66.7 Å². The van der Waals surface area contributed by atoms with Crippen LogP contribution < -0.4 is 24.6 Å². The van der Waals surface area contributed by atoms with Gasteiger partial charge in [-0.1, -0.05) is 49.5 Å². The van der Waals surface area contributed by atoms with Crippen LogP contribution >= 0.6 is 0 Å². The summed E-state index contributed by atoms with van der Waals surface area (Å²) in [5, 5.41) is 11.5. The van der Waals surface area contributed by atoms with Crippen LogP contribution in [0.2, 0.25) is 18.6 Å². The standard InChI is InChI=1S/C40H45N3O10Si/c1-23-38(54(5,6)30-14-12-29(50-4)13-15-30)33(17-18-44)53-40(23)31-19-28(43-35(48)21-37(43)52-25(3)46)11-16-32(31)41(39(40)49)22-26-7-9-27(10-8-26)42-34(47)20-36(42)51-24(2)45/h7-16,19,23,33,36-38,44H,17-18,20-22H2,1-6H3/t23-,33+,36?,37?,38-,40+/m0/s1. The molecule has 3 amide bonds. The summed E-state index contributed by atoms with van der Waals surface area (Å²) in [5.74, 6) is -1.21. The number of hydrogen-bond donors (Lipinski definition) is 1. The number of β-lactam (4-membered cyclic amide) rings is 2. The monoisotopic (exact) mass is 755 g/mol. The molecule has 3 aromatic rings. The zero-order valence-electron chi connectivity index (χ0n) is 31.2. The molecule has 54 heavy (non-hydrogen) atoms. The molecule has 3 saturated heterocycles. The first-order valence-corrected chi connectivity index (χ1v) is 21.3. The first kappa shape index (κ1) is 37.3. The third-order valence-corrected chi connectivity index (χ3v) is 15.8. The van der Waals surface area contributed by atoms with Crippen LogP contribution in [0.5, 0.6) is 5.75 Å². The van der Waals surface area contributed by atoms with Crippen molar-refractivity contribution in [3.8, 4) is 5.75 Å². The molecule has 0 radical (unpaired) electrons. The van der Waals surface area contributed by atoms with Crippen LogP contribution in [0.1, 0.15) is 51.2 Å². The van der Waals surface area contributed by atoms with E-state index in [1.54, 1.807) is 36.3 Å². The summed E-state index contributed by atoms with van der Waals surface area (Å²) in [7, 11) is -0.818. The summed E-state index contributed by atoms with van der Waals surface area (Å²) in [6, 6.07) is 20.6. The van der Waals surface area contributed by atoms with E-state index in [9.17, 15) is 24.3 Å². The highest BCUT2D eigenvalue weighted by atomic mass is 28.3. The van der Waals surface area contributed by atoms with Crippen molar-refractivity contribution in [3.63, 3.8) is 0 Å². The van der Waals surface area contributed by atoms with Crippen molar-refractivity contribution in [1.82, 2.24) is 0 Å². The Hall–Kier alpha value is -5.05. The average molecular weight is 756 g/mol. The first-order valence-electron chi connectivity index (χ1n) is 18.2. The third-order valence-electron chi connectivity index (χ3n) is 11.5. The van der Waals surface area contributed by atoms with Crippen LogP contribution in [0.3, 0.4) is 0 Å². The van der Waals surface area contributed by atoms with Crippen LogP contribution in [-0.2, 0) is 50.3 Å². The van der Waals surface area contributed by atoms with Gasteiger partial charge in [-0.2, -0.15) is 0 Å². The second kappa shape index (κ2) is 14.0. The normalized spacial score (nSPS) is 26.1. The van der Waals surface area contributed by atoms with Crippen molar-refractivity contribution in [2.24, 2.45) is 5.92 Å². The Kier molecular flexibility index (Phi) is 9.65. The molecule has 0 aromatic heterocycles. The number of aliphatic hydroxyl groups is 1. The largest absolute Gasteiger partial charge is 0.497 e. The van der Waals surface area contributed by atoms with Crippen molar-refractivity contribution in [2.45, 2.75) is 89.4 Å². The second-order valence-corrected chi connectivity index (χ2v) is 19.7.